The summed E-state index contributed by atoms with van der Waals surface area (Å²) >= 11 is 0. The first kappa shape index (κ1) is 17.7. The third-order valence-electron chi connectivity index (χ3n) is 5.39. The number of methoxy groups -OCH3 is 1. The van der Waals surface area contributed by atoms with Crippen molar-refractivity contribution in [1.82, 2.24) is 4.90 Å². The molecule has 1 heterocycles. The molecule has 2 aromatic carbocycles. The molecule has 0 radical (unpaired) electrons. The van der Waals surface area contributed by atoms with Gasteiger partial charge in [-0.25, -0.2) is 0 Å². The molecule has 0 spiro atoms. The predicted molar refractivity (Wildman–Crippen MR) is 101 cm³/mol. The fraction of sp³-hybridized carbons (Fsp3) is 0.409. The van der Waals surface area contributed by atoms with E-state index in [1.54, 1.807) is 0 Å². The van der Waals surface area contributed by atoms with E-state index >= 15 is 0 Å². The van der Waals surface area contributed by atoms with Crippen molar-refractivity contribution in [2.45, 2.75) is 31.1 Å². The Labute approximate surface area is 150 Å². The summed E-state index contributed by atoms with van der Waals surface area (Å²) in [6.07, 6.45) is 3.92. The number of nitrogens with zero attached hydrogens (tertiary/aromatic N) is 1. The summed E-state index contributed by atoms with van der Waals surface area (Å²) in [7, 11) is 1.50. The van der Waals surface area contributed by atoms with Crippen molar-refractivity contribution < 1.29 is 9.53 Å². The fourth-order valence-corrected chi connectivity index (χ4v) is 3.87. The van der Waals surface area contributed by atoms with E-state index in [-0.39, 0.29) is 5.97 Å². The SMILES string of the molecule is COC(=O)C1(c2ccccc2)CCN(CCCc2ccccc2)CC1. The molecule has 0 unspecified atom stereocenters. The highest BCUT2D eigenvalue weighted by Gasteiger charge is 2.43. The molecule has 0 aromatic heterocycles. The van der Waals surface area contributed by atoms with Gasteiger partial charge in [0.2, 0.25) is 0 Å². The molecule has 0 bridgehead atoms. The van der Waals surface area contributed by atoms with Gasteiger partial charge in [0.15, 0.2) is 0 Å². The van der Waals surface area contributed by atoms with Gasteiger partial charge in [-0.15, -0.1) is 0 Å². The van der Waals surface area contributed by atoms with E-state index in [0.717, 1.165) is 50.9 Å². The molecule has 3 rings (SSSR count). The first-order valence-electron chi connectivity index (χ1n) is 9.15. The zero-order chi connectivity index (χ0) is 17.5. The summed E-state index contributed by atoms with van der Waals surface area (Å²) in [6, 6.07) is 20.8. The number of aryl methyl sites for hydroxylation is 1. The van der Waals surface area contributed by atoms with Crippen LogP contribution in [-0.2, 0) is 21.4 Å². The molecule has 0 amide bonds. The lowest BCUT2D eigenvalue weighted by molar-refractivity contribution is -0.149. The molecular weight excluding hydrogens is 310 g/mol. The normalized spacial score (nSPS) is 17.2. The van der Waals surface area contributed by atoms with E-state index in [0.29, 0.717) is 0 Å². The number of hydrogen-bond acceptors (Lipinski definition) is 3. The average Bonchev–Trinajstić information content (AvgIpc) is 2.69. The highest BCUT2D eigenvalue weighted by Crippen LogP contribution is 2.36. The number of hydrogen-bond donors (Lipinski definition) is 0. The van der Waals surface area contributed by atoms with E-state index < -0.39 is 5.41 Å². The van der Waals surface area contributed by atoms with Crippen molar-refractivity contribution in [3.8, 4) is 0 Å². The van der Waals surface area contributed by atoms with Crippen LogP contribution in [0.5, 0.6) is 0 Å². The molecule has 0 N–H and O–H groups in total. The maximum Gasteiger partial charge on any atom is 0.316 e. The molecule has 2 aromatic rings. The van der Waals surface area contributed by atoms with Crippen molar-refractivity contribution in [3.63, 3.8) is 0 Å². The Bertz CT molecular complexity index is 661. The molecule has 132 valence electrons. The van der Waals surface area contributed by atoms with Crippen LogP contribution < -0.4 is 0 Å². The van der Waals surface area contributed by atoms with Crippen LogP contribution in [0.3, 0.4) is 0 Å². The maximum absolute atomic E-state index is 12.6. The molecule has 1 saturated heterocycles. The van der Waals surface area contributed by atoms with E-state index in [2.05, 4.69) is 47.4 Å². The number of carbonyl (C=O) groups excluding carboxylic acids is 1. The number of rotatable bonds is 6. The summed E-state index contributed by atoms with van der Waals surface area (Å²) in [5.41, 5.74) is 2.00. The summed E-state index contributed by atoms with van der Waals surface area (Å²) in [5, 5.41) is 0. The Hall–Kier alpha value is -2.13. The minimum absolute atomic E-state index is 0.0948. The minimum atomic E-state index is -0.480. The van der Waals surface area contributed by atoms with Crippen LogP contribution in [0.15, 0.2) is 60.7 Å². The van der Waals surface area contributed by atoms with Gasteiger partial charge in [0.25, 0.3) is 0 Å². The quantitative estimate of drug-likeness (QED) is 0.751. The minimum Gasteiger partial charge on any atom is -0.468 e. The molecular formula is C22H27NO2. The Balaban J connectivity index is 1.58. The summed E-state index contributed by atoms with van der Waals surface area (Å²) < 4.78 is 5.16. The van der Waals surface area contributed by atoms with Gasteiger partial charge in [-0.1, -0.05) is 60.7 Å². The lowest BCUT2D eigenvalue weighted by Crippen LogP contribution is -2.48. The van der Waals surface area contributed by atoms with Crippen LogP contribution in [0.25, 0.3) is 0 Å². The smallest absolute Gasteiger partial charge is 0.316 e. The van der Waals surface area contributed by atoms with Crippen molar-refractivity contribution in [2.75, 3.05) is 26.7 Å². The second-order valence-corrected chi connectivity index (χ2v) is 6.87. The van der Waals surface area contributed by atoms with Crippen molar-refractivity contribution in [3.05, 3.63) is 71.8 Å². The molecule has 1 aliphatic rings. The molecule has 0 aliphatic carbocycles. The monoisotopic (exact) mass is 337 g/mol. The fourth-order valence-electron chi connectivity index (χ4n) is 3.87. The Morgan fingerprint density at radius 3 is 2.20 bits per heavy atom. The summed E-state index contributed by atoms with van der Waals surface area (Å²) in [4.78, 5) is 15.0. The van der Waals surface area contributed by atoms with Crippen LogP contribution in [-0.4, -0.2) is 37.6 Å². The van der Waals surface area contributed by atoms with Gasteiger partial charge >= 0.3 is 5.97 Å². The Kier molecular flexibility index (Phi) is 5.87. The van der Waals surface area contributed by atoms with E-state index in [1.165, 1.54) is 12.7 Å². The van der Waals surface area contributed by atoms with Crippen LogP contribution >= 0.6 is 0 Å². The van der Waals surface area contributed by atoms with E-state index in [4.69, 9.17) is 4.74 Å². The topological polar surface area (TPSA) is 29.5 Å². The van der Waals surface area contributed by atoms with Crippen LogP contribution in [0.1, 0.15) is 30.4 Å². The number of benzene rings is 2. The molecule has 1 fully saturated rings. The number of carbonyl (C=O) groups is 1. The zero-order valence-electron chi connectivity index (χ0n) is 15.0. The second-order valence-electron chi connectivity index (χ2n) is 6.87. The Morgan fingerprint density at radius 2 is 1.60 bits per heavy atom. The lowest BCUT2D eigenvalue weighted by Gasteiger charge is -2.40. The number of likely N-dealkylation sites (tertiary alicyclic amines) is 1. The molecule has 0 saturated carbocycles. The van der Waals surface area contributed by atoms with Crippen LogP contribution in [0.4, 0.5) is 0 Å². The average molecular weight is 337 g/mol. The van der Waals surface area contributed by atoms with Gasteiger partial charge in [-0.2, -0.15) is 0 Å². The first-order valence-corrected chi connectivity index (χ1v) is 9.15. The van der Waals surface area contributed by atoms with Crippen LogP contribution in [0.2, 0.25) is 0 Å². The number of ether oxygens (including phenoxy) is 1. The van der Waals surface area contributed by atoms with Gasteiger partial charge < -0.3 is 9.64 Å². The molecule has 3 nitrogen and oxygen atoms in total. The number of esters is 1. The van der Waals surface area contributed by atoms with Gasteiger partial charge in [0, 0.05) is 0 Å². The van der Waals surface area contributed by atoms with Gasteiger partial charge in [0.1, 0.15) is 0 Å². The molecule has 1 aliphatic heterocycles. The largest absolute Gasteiger partial charge is 0.468 e. The third-order valence-corrected chi connectivity index (χ3v) is 5.39. The first-order chi connectivity index (χ1) is 12.2. The standard InChI is InChI=1S/C22H27NO2/c1-25-21(24)22(20-12-6-3-7-13-20)14-17-23(18-15-22)16-8-11-19-9-4-2-5-10-19/h2-7,9-10,12-13H,8,11,14-18H2,1H3. The predicted octanol–water partition coefficient (Wildman–Crippen LogP) is 3.83. The van der Waals surface area contributed by atoms with Crippen molar-refractivity contribution >= 4 is 5.97 Å². The second kappa shape index (κ2) is 8.30. The van der Waals surface area contributed by atoms with Crippen molar-refractivity contribution in [1.29, 1.82) is 0 Å². The maximum atomic E-state index is 12.6. The summed E-state index contributed by atoms with van der Waals surface area (Å²) in [6.45, 7) is 2.97. The van der Waals surface area contributed by atoms with Gasteiger partial charge in [-0.05, 0) is 56.4 Å². The third kappa shape index (κ3) is 4.10. The van der Waals surface area contributed by atoms with E-state index in [1.807, 2.05) is 18.2 Å². The van der Waals surface area contributed by atoms with Crippen LogP contribution in [0, 0.1) is 0 Å². The lowest BCUT2D eigenvalue weighted by atomic mass is 9.72. The van der Waals surface area contributed by atoms with E-state index in [9.17, 15) is 4.79 Å². The molecule has 25 heavy (non-hydrogen) atoms. The van der Waals surface area contributed by atoms with Crippen molar-refractivity contribution in [2.24, 2.45) is 0 Å². The Morgan fingerprint density at radius 1 is 1.00 bits per heavy atom. The number of piperidine rings is 1. The molecule has 0 atom stereocenters. The highest BCUT2D eigenvalue weighted by molar-refractivity contribution is 5.83. The highest BCUT2D eigenvalue weighted by atomic mass is 16.5. The zero-order valence-corrected chi connectivity index (χ0v) is 15.0. The summed E-state index contributed by atoms with van der Waals surface area (Å²) in [5.74, 6) is -0.0948. The van der Waals surface area contributed by atoms with Gasteiger partial charge in [0.05, 0.1) is 12.5 Å². The molecule has 3 heteroatoms. The van der Waals surface area contributed by atoms with Gasteiger partial charge in [-0.3, -0.25) is 4.79 Å².